The molecule has 2 heterocycles. The van der Waals surface area contributed by atoms with Gasteiger partial charge in [-0.3, -0.25) is 9.58 Å². The van der Waals surface area contributed by atoms with Crippen LogP contribution in [0.3, 0.4) is 0 Å². The van der Waals surface area contributed by atoms with Gasteiger partial charge in [0.1, 0.15) is 10.4 Å². The lowest BCUT2D eigenvalue weighted by Crippen LogP contribution is -2.34. The number of halogens is 1. The molecular formula is C22H27BrN4O4. The van der Waals surface area contributed by atoms with Crippen molar-refractivity contribution in [2.24, 2.45) is 0 Å². The molecule has 2 aromatic heterocycles. The number of rotatable bonds is 8. The molecule has 166 valence electrons. The quantitative estimate of drug-likeness (QED) is 0.430. The molecule has 1 aliphatic carbocycles. The molecule has 1 amide bonds. The van der Waals surface area contributed by atoms with Crippen LogP contribution in [-0.4, -0.2) is 50.8 Å². The second-order valence-electron chi connectivity index (χ2n) is 8.12. The molecule has 1 aliphatic rings. The minimum Gasteiger partial charge on any atom is -0.465 e. The third-order valence-electron chi connectivity index (χ3n) is 5.91. The van der Waals surface area contributed by atoms with E-state index in [0.29, 0.717) is 13.2 Å². The number of aryl methyl sites for hydroxylation is 3. The number of nitrogens with zero attached hydrogens (tertiary/aromatic N) is 4. The average molecular weight is 491 g/mol. The number of hydrogen-bond donors (Lipinski definition) is 1. The summed E-state index contributed by atoms with van der Waals surface area (Å²) in [5.41, 5.74) is 4.53. The van der Waals surface area contributed by atoms with Gasteiger partial charge in [0, 0.05) is 37.3 Å². The summed E-state index contributed by atoms with van der Waals surface area (Å²) in [6.45, 7) is 7.09. The zero-order chi connectivity index (χ0) is 22.3. The number of hydrogen-bond acceptors (Lipinski definition) is 5. The van der Waals surface area contributed by atoms with E-state index in [1.165, 1.54) is 0 Å². The molecule has 1 saturated carbocycles. The number of fused-ring (bicyclic) bond motifs is 1. The fraction of sp³-hybridized carbons (Fsp3) is 0.500. The van der Waals surface area contributed by atoms with E-state index in [1.807, 2.05) is 25.5 Å². The number of ether oxygens (including phenoxy) is 1. The van der Waals surface area contributed by atoms with Crippen LogP contribution in [0.5, 0.6) is 0 Å². The van der Waals surface area contributed by atoms with Crippen LogP contribution in [0, 0.1) is 13.8 Å². The maximum atomic E-state index is 12.0. The first kappa shape index (κ1) is 21.8. The van der Waals surface area contributed by atoms with Crippen LogP contribution in [0.15, 0.2) is 21.3 Å². The van der Waals surface area contributed by atoms with Gasteiger partial charge in [0.25, 0.3) is 0 Å². The minimum atomic E-state index is -0.885. The number of carboxylic acid groups (broad SMARTS) is 1. The van der Waals surface area contributed by atoms with Gasteiger partial charge in [0.15, 0.2) is 0 Å². The Bertz CT molecular complexity index is 1100. The minimum absolute atomic E-state index is 0.0871. The molecule has 3 aromatic rings. The molecule has 1 fully saturated rings. The number of amides is 1. The van der Waals surface area contributed by atoms with Crippen molar-refractivity contribution >= 4 is 32.9 Å². The molecule has 1 unspecified atom stereocenters. The predicted molar refractivity (Wildman–Crippen MR) is 120 cm³/mol. The van der Waals surface area contributed by atoms with Crippen LogP contribution in [-0.2, 0) is 11.3 Å². The molecule has 1 atom stereocenters. The second-order valence-corrected chi connectivity index (χ2v) is 8.87. The summed E-state index contributed by atoms with van der Waals surface area (Å²) >= 11 is 3.64. The Labute approximate surface area is 189 Å². The zero-order valence-corrected chi connectivity index (χ0v) is 19.8. The van der Waals surface area contributed by atoms with Crippen LogP contribution in [0.25, 0.3) is 22.0 Å². The van der Waals surface area contributed by atoms with Crippen molar-refractivity contribution in [1.82, 2.24) is 19.8 Å². The van der Waals surface area contributed by atoms with Gasteiger partial charge in [-0.05, 0) is 79.2 Å². The van der Waals surface area contributed by atoms with Crippen molar-refractivity contribution in [2.75, 3.05) is 13.7 Å². The Morgan fingerprint density at radius 2 is 2.16 bits per heavy atom. The normalized spacial score (nSPS) is 14.9. The predicted octanol–water partition coefficient (Wildman–Crippen LogP) is 5.31. The fourth-order valence-electron chi connectivity index (χ4n) is 4.27. The Kier molecular flexibility index (Phi) is 6.07. The molecule has 4 rings (SSSR count). The van der Waals surface area contributed by atoms with E-state index in [4.69, 9.17) is 14.4 Å². The fourth-order valence-corrected chi connectivity index (χ4v) is 4.87. The summed E-state index contributed by atoms with van der Waals surface area (Å²) in [4.78, 5) is 13.6. The van der Waals surface area contributed by atoms with Gasteiger partial charge < -0.3 is 14.4 Å². The molecule has 8 nitrogen and oxygen atoms in total. The van der Waals surface area contributed by atoms with Crippen molar-refractivity contribution in [3.8, 4) is 11.1 Å². The van der Waals surface area contributed by atoms with Crippen molar-refractivity contribution < 1.29 is 19.2 Å². The van der Waals surface area contributed by atoms with Crippen molar-refractivity contribution in [3.05, 3.63) is 33.8 Å². The molecular weight excluding hydrogens is 464 g/mol. The summed E-state index contributed by atoms with van der Waals surface area (Å²) in [5.74, 6) is 0.722. The van der Waals surface area contributed by atoms with E-state index in [0.717, 1.165) is 62.9 Å². The maximum Gasteiger partial charge on any atom is 0.408 e. The Balaban J connectivity index is 1.91. The topological polar surface area (TPSA) is 93.6 Å². The third kappa shape index (κ3) is 4.08. The summed E-state index contributed by atoms with van der Waals surface area (Å²) in [7, 11) is 1.69. The molecule has 0 saturated heterocycles. The van der Waals surface area contributed by atoms with Gasteiger partial charge in [0.2, 0.25) is 0 Å². The first-order valence-electron chi connectivity index (χ1n) is 10.5. The lowest BCUT2D eigenvalue weighted by molar-refractivity contribution is 0.124. The lowest BCUT2D eigenvalue weighted by Gasteiger charge is -2.27. The van der Waals surface area contributed by atoms with Crippen molar-refractivity contribution in [2.45, 2.75) is 58.7 Å². The van der Waals surface area contributed by atoms with E-state index in [1.54, 1.807) is 12.0 Å². The van der Waals surface area contributed by atoms with Crippen molar-refractivity contribution in [1.29, 1.82) is 0 Å². The van der Waals surface area contributed by atoms with Gasteiger partial charge in [-0.1, -0.05) is 5.16 Å². The van der Waals surface area contributed by atoms with E-state index in [9.17, 15) is 9.90 Å². The van der Waals surface area contributed by atoms with Crippen LogP contribution >= 0.6 is 15.9 Å². The standard InChI is InChI=1S/C22H27BrN4O4/c1-12-19(14(3)31-25-12)17-10-15(13(2)27(22(28)29)16-6-7-16)11-18-20(17)21(23)24-26(18)8-5-9-30-4/h10-11,13,16H,5-9H2,1-4H3,(H,28,29). The summed E-state index contributed by atoms with van der Waals surface area (Å²) in [5, 5.41) is 19.7. The molecule has 0 bridgehead atoms. The van der Waals surface area contributed by atoms with E-state index < -0.39 is 6.09 Å². The first-order chi connectivity index (χ1) is 14.8. The van der Waals surface area contributed by atoms with Gasteiger partial charge in [0.05, 0.1) is 17.3 Å². The monoisotopic (exact) mass is 490 g/mol. The molecule has 31 heavy (non-hydrogen) atoms. The van der Waals surface area contributed by atoms with Gasteiger partial charge >= 0.3 is 6.09 Å². The highest BCUT2D eigenvalue weighted by Crippen LogP contribution is 2.41. The SMILES string of the molecule is COCCCn1nc(Br)c2c(-c3c(C)noc3C)cc(C(C)N(C(=O)O)C3CC3)cc21. The number of aromatic nitrogens is 3. The molecule has 0 aliphatic heterocycles. The van der Waals surface area contributed by atoms with Crippen LogP contribution in [0.2, 0.25) is 0 Å². The molecule has 0 spiro atoms. The third-order valence-corrected chi connectivity index (χ3v) is 6.47. The van der Waals surface area contributed by atoms with E-state index in [2.05, 4.69) is 33.2 Å². The van der Waals surface area contributed by atoms with Crippen LogP contribution in [0.4, 0.5) is 4.79 Å². The Morgan fingerprint density at radius 1 is 1.42 bits per heavy atom. The average Bonchev–Trinajstić information content (AvgIpc) is 3.42. The Hall–Kier alpha value is -2.39. The van der Waals surface area contributed by atoms with Gasteiger partial charge in [-0.25, -0.2) is 4.79 Å². The highest BCUT2D eigenvalue weighted by molar-refractivity contribution is 9.10. The largest absolute Gasteiger partial charge is 0.465 e. The highest BCUT2D eigenvalue weighted by atomic mass is 79.9. The summed E-state index contributed by atoms with van der Waals surface area (Å²) in [6.07, 6.45) is 1.76. The lowest BCUT2D eigenvalue weighted by atomic mass is 9.95. The van der Waals surface area contributed by atoms with E-state index in [-0.39, 0.29) is 12.1 Å². The summed E-state index contributed by atoms with van der Waals surface area (Å²) < 4.78 is 13.3. The molecule has 0 radical (unpaired) electrons. The first-order valence-corrected chi connectivity index (χ1v) is 11.3. The van der Waals surface area contributed by atoms with Gasteiger partial charge in [-0.2, -0.15) is 5.10 Å². The van der Waals surface area contributed by atoms with Gasteiger partial charge in [-0.15, -0.1) is 0 Å². The zero-order valence-electron chi connectivity index (χ0n) is 18.2. The number of carbonyl (C=O) groups is 1. The molecule has 1 N–H and O–H groups in total. The Morgan fingerprint density at radius 3 is 2.74 bits per heavy atom. The smallest absolute Gasteiger partial charge is 0.408 e. The highest BCUT2D eigenvalue weighted by Gasteiger charge is 2.37. The summed E-state index contributed by atoms with van der Waals surface area (Å²) in [6, 6.07) is 3.92. The van der Waals surface area contributed by atoms with Crippen LogP contribution < -0.4 is 0 Å². The number of benzene rings is 1. The molecule has 9 heteroatoms. The second kappa shape index (κ2) is 8.63. The van der Waals surface area contributed by atoms with E-state index >= 15 is 0 Å². The maximum absolute atomic E-state index is 12.0. The van der Waals surface area contributed by atoms with Crippen molar-refractivity contribution in [3.63, 3.8) is 0 Å². The molecule has 1 aromatic carbocycles. The number of methoxy groups -OCH3 is 1. The van der Waals surface area contributed by atoms with Crippen LogP contribution in [0.1, 0.15) is 49.2 Å².